The van der Waals surface area contributed by atoms with E-state index < -0.39 is 17.4 Å². The number of nitrogens with one attached hydrogen (secondary N) is 1. The Bertz CT molecular complexity index is 493. The normalized spacial score (nSPS) is 14.1. The summed E-state index contributed by atoms with van der Waals surface area (Å²) in [4.78, 5) is 23.3. The number of carboxylic acid groups (broad SMARTS) is 1. The Morgan fingerprint density at radius 1 is 1.44 bits per heavy atom. The molecule has 0 radical (unpaired) electrons. The lowest BCUT2D eigenvalue weighted by Gasteiger charge is -2.24. The molecule has 0 aliphatic carbocycles. The molecule has 0 saturated heterocycles. The Kier molecular flexibility index (Phi) is 3.79. The molecule has 1 atom stereocenters. The summed E-state index contributed by atoms with van der Waals surface area (Å²) in [5.41, 5.74) is 0.495. The van der Waals surface area contributed by atoms with E-state index in [-0.39, 0.29) is 0 Å². The first-order valence-corrected chi connectivity index (χ1v) is 5.79. The topological polar surface area (TPSA) is 84.2 Å². The van der Waals surface area contributed by atoms with Gasteiger partial charge in [0.15, 0.2) is 0 Å². The summed E-state index contributed by atoms with van der Waals surface area (Å²) >= 11 is 0. The highest BCUT2D eigenvalue weighted by Crippen LogP contribution is 2.15. The summed E-state index contributed by atoms with van der Waals surface area (Å²) in [6.07, 6.45) is 0.312. The number of aliphatic carboxylic acids is 1. The lowest BCUT2D eigenvalue weighted by atomic mass is 9.98. The van der Waals surface area contributed by atoms with Gasteiger partial charge in [-0.15, -0.1) is 0 Å². The fourth-order valence-electron chi connectivity index (χ4n) is 1.71. The van der Waals surface area contributed by atoms with E-state index in [0.717, 1.165) is 0 Å². The van der Waals surface area contributed by atoms with E-state index in [9.17, 15) is 9.59 Å². The van der Waals surface area contributed by atoms with Gasteiger partial charge in [-0.25, -0.2) is 4.79 Å². The van der Waals surface area contributed by atoms with Crippen molar-refractivity contribution in [2.45, 2.75) is 39.7 Å². The number of carbonyl (C=O) groups is 2. The van der Waals surface area contributed by atoms with Gasteiger partial charge in [0.25, 0.3) is 5.91 Å². The van der Waals surface area contributed by atoms with E-state index in [4.69, 9.17) is 5.11 Å². The third-order valence-electron chi connectivity index (χ3n) is 3.30. The first-order valence-electron chi connectivity index (χ1n) is 5.79. The number of aryl methyl sites for hydroxylation is 2. The van der Waals surface area contributed by atoms with Crippen LogP contribution in [-0.4, -0.2) is 32.3 Å². The van der Waals surface area contributed by atoms with Gasteiger partial charge in [0.05, 0.1) is 11.3 Å². The molecule has 1 unspecified atom stereocenters. The number of carbonyl (C=O) groups excluding carboxylic acids is 1. The number of hydrogen-bond donors (Lipinski definition) is 2. The molecule has 1 aromatic rings. The number of amides is 1. The maximum atomic E-state index is 12.2. The molecule has 1 rings (SSSR count). The zero-order valence-electron chi connectivity index (χ0n) is 11.4. The molecule has 6 nitrogen and oxygen atoms in total. The molecule has 0 saturated carbocycles. The second-order valence-electron chi connectivity index (χ2n) is 4.61. The van der Waals surface area contributed by atoms with Gasteiger partial charge in [-0.3, -0.25) is 9.48 Å². The first-order chi connectivity index (χ1) is 8.23. The van der Waals surface area contributed by atoms with Crippen LogP contribution in [0.3, 0.4) is 0 Å². The summed E-state index contributed by atoms with van der Waals surface area (Å²) in [7, 11) is 1.75. The van der Waals surface area contributed by atoms with Gasteiger partial charge < -0.3 is 10.4 Å². The van der Waals surface area contributed by atoms with E-state index in [1.165, 1.54) is 6.92 Å². The predicted octanol–water partition coefficient (Wildman–Crippen LogP) is 1.02. The Morgan fingerprint density at radius 2 is 2.00 bits per heavy atom. The second kappa shape index (κ2) is 4.80. The Hall–Kier alpha value is -1.85. The average Bonchev–Trinajstić information content (AvgIpc) is 2.52. The smallest absolute Gasteiger partial charge is 0.329 e. The number of carboxylic acids is 1. The Morgan fingerprint density at radius 3 is 2.33 bits per heavy atom. The fraction of sp³-hybridized carbons (Fsp3) is 0.583. The van der Waals surface area contributed by atoms with Crippen LogP contribution in [0.25, 0.3) is 0 Å². The van der Waals surface area contributed by atoms with Crippen LogP contribution in [0.2, 0.25) is 0 Å². The van der Waals surface area contributed by atoms with Crippen LogP contribution in [0.15, 0.2) is 0 Å². The van der Waals surface area contributed by atoms with Crippen LogP contribution < -0.4 is 5.32 Å². The number of aromatic nitrogens is 2. The monoisotopic (exact) mass is 253 g/mol. The minimum absolute atomic E-state index is 0.312. The van der Waals surface area contributed by atoms with Crippen LogP contribution in [0.1, 0.15) is 42.0 Å². The minimum atomic E-state index is -1.26. The third kappa shape index (κ3) is 2.37. The van der Waals surface area contributed by atoms with E-state index in [1.807, 2.05) is 0 Å². The standard InChI is InChI=1S/C12H19N3O3/c1-6-12(4,11(17)18)13-10(16)9-7(2)14-15(5)8(9)3/h6H2,1-5H3,(H,13,16)(H,17,18). The Balaban J connectivity index is 3.06. The summed E-state index contributed by atoms with van der Waals surface area (Å²) < 4.78 is 1.61. The van der Waals surface area contributed by atoms with Crippen LogP contribution >= 0.6 is 0 Å². The molecule has 1 aromatic heterocycles. The molecule has 1 amide bonds. The van der Waals surface area contributed by atoms with Crippen LogP contribution in [0.5, 0.6) is 0 Å². The highest BCUT2D eigenvalue weighted by molar-refractivity contribution is 5.99. The maximum absolute atomic E-state index is 12.2. The van der Waals surface area contributed by atoms with Gasteiger partial charge in [0, 0.05) is 12.7 Å². The fourth-order valence-corrected chi connectivity index (χ4v) is 1.71. The summed E-state index contributed by atoms with van der Waals surface area (Å²) in [6.45, 7) is 6.72. The molecule has 0 aromatic carbocycles. The Labute approximate surface area is 106 Å². The van der Waals surface area contributed by atoms with Gasteiger partial charge in [0.2, 0.25) is 0 Å². The van der Waals surface area contributed by atoms with Gasteiger partial charge in [0.1, 0.15) is 5.54 Å². The predicted molar refractivity (Wildman–Crippen MR) is 66.5 cm³/mol. The summed E-state index contributed by atoms with van der Waals surface area (Å²) in [5.74, 6) is -1.44. The molecular formula is C12H19N3O3. The molecule has 0 aliphatic rings. The van der Waals surface area contributed by atoms with E-state index >= 15 is 0 Å². The first kappa shape index (κ1) is 14.2. The van der Waals surface area contributed by atoms with Crippen molar-refractivity contribution >= 4 is 11.9 Å². The molecular weight excluding hydrogens is 234 g/mol. The third-order valence-corrected chi connectivity index (χ3v) is 3.30. The second-order valence-corrected chi connectivity index (χ2v) is 4.61. The van der Waals surface area contributed by atoms with Crippen molar-refractivity contribution in [3.63, 3.8) is 0 Å². The molecule has 0 aliphatic heterocycles. The number of hydrogen-bond acceptors (Lipinski definition) is 3. The SMILES string of the molecule is CCC(C)(NC(=O)c1c(C)nn(C)c1C)C(=O)O. The van der Waals surface area contributed by atoms with E-state index in [0.29, 0.717) is 23.4 Å². The lowest BCUT2D eigenvalue weighted by molar-refractivity contribution is -0.143. The van der Waals surface area contributed by atoms with Crippen molar-refractivity contribution < 1.29 is 14.7 Å². The highest BCUT2D eigenvalue weighted by atomic mass is 16.4. The molecule has 100 valence electrons. The van der Waals surface area contributed by atoms with Crippen molar-refractivity contribution in [1.29, 1.82) is 0 Å². The number of nitrogens with zero attached hydrogens (tertiary/aromatic N) is 2. The van der Waals surface area contributed by atoms with E-state index in [1.54, 1.807) is 32.5 Å². The van der Waals surface area contributed by atoms with E-state index in [2.05, 4.69) is 10.4 Å². The van der Waals surface area contributed by atoms with Crippen molar-refractivity contribution in [2.75, 3.05) is 0 Å². The van der Waals surface area contributed by atoms with Crippen molar-refractivity contribution in [1.82, 2.24) is 15.1 Å². The van der Waals surface area contributed by atoms with Crippen LogP contribution in [-0.2, 0) is 11.8 Å². The van der Waals surface area contributed by atoms with Crippen LogP contribution in [0, 0.1) is 13.8 Å². The summed E-state index contributed by atoms with van der Waals surface area (Å²) in [6, 6.07) is 0. The lowest BCUT2D eigenvalue weighted by Crippen LogP contribution is -2.51. The van der Waals surface area contributed by atoms with Gasteiger partial charge in [-0.2, -0.15) is 5.10 Å². The van der Waals surface area contributed by atoms with Crippen LogP contribution in [0.4, 0.5) is 0 Å². The molecule has 18 heavy (non-hydrogen) atoms. The van der Waals surface area contributed by atoms with Gasteiger partial charge in [-0.05, 0) is 27.2 Å². The highest BCUT2D eigenvalue weighted by Gasteiger charge is 2.34. The van der Waals surface area contributed by atoms with Gasteiger partial charge in [-0.1, -0.05) is 6.92 Å². The van der Waals surface area contributed by atoms with Crippen molar-refractivity contribution in [3.05, 3.63) is 17.0 Å². The molecule has 1 heterocycles. The van der Waals surface area contributed by atoms with Crippen molar-refractivity contribution in [2.24, 2.45) is 7.05 Å². The largest absolute Gasteiger partial charge is 0.480 e. The van der Waals surface area contributed by atoms with Crippen molar-refractivity contribution in [3.8, 4) is 0 Å². The molecule has 0 bridgehead atoms. The molecule has 0 fully saturated rings. The zero-order chi connectivity index (χ0) is 14.1. The molecule has 0 spiro atoms. The van der Waals surface area contributed by atoms with Gasteiger partial charge >= 0.3 is 5.97 Å². The average molecular weight is 253 g/mol. The zero-order valence-corrected chi connectivity index (χ0v) is 11.4. The maximum Gasteiger partial charge on any atom is 0.329 e. The minimum Gasteiger partial charge on any atom is -0.480 e. The molecule has 2 N–H and O–H groups in total. The quantitative estimate of drug-likeness (QED) is 0.839. The summed E-state index contributed by atoms with van der Waals surface area (Å²) in [5, 5.41) is 15.8. The number of rotatable bonds is 4. The molecule has 6 heteroatoms.